The van der Waals surface area contributed by atoms with E-state index >= 15 is 0 Å². The fraction of sp³-hybridized carbons (Fsp3) is 0.364. The highest BCUT2D eigenvalue weighted by atomic mass is 16.5. The molecule has 0 N–H and O–H groups in total. The number of hydrogen-bond acceptors (Lipinski definition) is 1. The zero-order chi connectivity index (χ0) is 16.1. The Labute approximate surface area is 140 Å². The summed E-state index contributed by atoms with van der Waals surface area (Å²) in [4.78, 5) is 0. The monoisotopic (exact) mass is 306 g/mol. The van der Waals surface area contributed by atoms with Crippen LogP contribution in [0.15, 0.2) is 65.7 Å². The van der Waals surface area contributed by atoms with Gasteiger partial charge in [0.15, 0.2) is 0 Å². The maximum Gasteiger partial charge on any atom is 0.133 e. The van der Waals surface area contributed by atoms with E-state index < -0.39 is 0 Å². The number of benzene rings is 1. The van der Waals surface area contributed by atoms with Gasteiger partial charge in [-0.3, -0.25) is 0 Å². The van der Waals surface area contributed by atoms with Crippen LogP contribution in [0.4, 0.5) is 0 Å². The van der Waals surface area contributed by atoms with Crippen molar-refractivity contribution < 1.29 is 4.74 Å². The van der Waals surface area contributed by atoms with Crippen molar-refractivity contribution >= 4 is 5.57 Å². The highest BCUT2D eigenvalue weighted by Crippen LogP contribution is 2.36. The standard InChI is InChI=1S/C22H26O/c1-3-8-18-13-15-19(16-14-18)21-12-7-6-11-20-10-5-4-9-17(2)23-22(20)21/h4-5,9,12-16H,3,6-8,10-11H2,1-2H3/b5-4-,17-9+. The second-order valence-corrected chi connectivity index (χ2v) is 6.40. The summed E-state index contributed by atoms with van der Waals surface area (Å²) in [6.45, 7) is 4.26. The molecule has 3 rings (SSSR count). The first kappa shape index (κ1) is 15.9. The lowest BCUT2D eigenvalue weighted by atomic mass is 9.97. The Hall–Kier alpha value is -2.02. The van der Waals surface area contributed by atoms with Crippen LogP contribution >= 0.6 is 0 Å². The lowest BCUT2D eigenvalue weighted by molar-refractivity contribution is 0.319. The number of aryl methyl sites for hydroxylation is 1. The highest BCUT2D eigenvalue weighted by molar-refractivity contribution is 5.78. The molecule has 120 valence electrons. The molecule has 0 atom stereocenters. The predicted octanol–water partition coefficient (Wildman–Crippen LogP) is 6.34. The summed E-state index contributed by atoms with van der Waals surface area (Å²) in [5.41, 5.74) is 5.38. The van der Waals surface area contributed by atoms with E-state index in [1.165, 1.54) is 35.1 Å². The minimum absolute atomic E-state index is 0.962. The van der Waals surface area contributed by atoms with Crippen molar-refractivity contribution in [2.45, 2.75) is 52.4 Å². The molecular weight excluding hydrogens is 280 g/mol. The normalized spacial score (nSPS) is 21.8. The quantitative estimate of drug-likeness (QED) is 0.633. The fourth-order valence-electron chi connectivity index (χ4n) is 3.28. The molecule has 2 aliphatic rings. The van der Waals surface area contributed by atoms with Crippen molar-refractivity contribution in [1.82, 2.24) is 0 Å². The van der Waals surface area contributed by atoms with E-state index in [0.717, 1.165) is 37.2 Å². The molecule has 1 aliphatic heterocycles. The zero-order valence-electron chi connectivity index (χ0n) is 14.3. The molecule has 1 aromatic rings. The van der Waals surface area contributed by atoms with E-state index in [-0.39, 0.29) is 0 Å². The first-order valence-corrected chi connectivity index (χ1v) is 8.81. The Balaban J connectivity index is 1.98. The Morgan fingerprint density at radius 1 is 1.13 bits per heavy atom. The summed E-state index contributed by atoms with van der Waals surface area (Å²) in [6.07, 6.45) is 15.5. The van der Waals surface area contributed by atoms with Crippen LogP contribution in [0.3, 0.4) is 0 Å². The fourth-order valence-corrected chi connectivity index (χ4v) is 3.28. The molecule has 0 aromatic heterocycles. The number of ether oxygens (including phenoxy) is 1. The van der Waals surface area contributed by atoms with Gasteiger partial charge < -0.3 is 4.74 Å². The third-order valence-electron chi connectivity index (χ3n) is 4.49. The van der Waals surface area contributed by atoms with E-state index in [9.17, 15) is 0 Å². The van der Waals surface area contributed by atoms with Crippen LogP contribution in [-0.2, 0) is 11.2 Å². The Kier molecular flexibility index (Phi) is 5.17. The zero-order valence-corrected chi connectivity index (χ0v) is 14.3. The van der Waals surface area contributed by atoms with Gasteiger partial charge in [-0.25, -0.2) is 0 Å². The minimum Gasteiger partial charge on any atom is -0.461 e. The second kappa shape index (κ2) is 7.50. The van der Waals surface area contributed by atoms with Crippen LogP contribution in [0.1, 0.15) is 57.1 Å². The van der Waals surface area contributed by atoms with Gasteiger partial charge in [0.25, 0.3) is 0 Å². The minimum atomic E-state index is 0.962. The molecule has 0 spiro atoms. The molecule has 23 heavy (non-hydrogen) atoms. The molecule has 1 heterocycles. The SMILES string of the molecule is CCCc1ccc(C2=CCCCC3=C2O/C(C)=C/C=C\C3)cc1. The summed E-state index contributed by atoms with van der Waals surface area (Å²) in [5.74, 6) is 2.05. The van der Waals surface area contributed by atoms with Gasteiger partial charge in [-0.1, -0.05) is 55.8 Å². The predicted molar refractivity (Wildman–Crippen MR) is 97.9 cm³/mol. The molecule has 1 nitrogen and oxygen atoms in total. The van der Waals surface area contributed by atoms with Crippen molar-refractivity contribution in [1.29, 1.82) is 0 Å². The first-order chi connectivity index (χ1) is 11.3. The molecule has 1 heteroatoms. The maximum absolute atomic E-state index is 6.24. The van der Waals surface area contributed by atoms with Crippen LogP contribution in [0.5, 0.6) is 0 Å². The average molecular weight is 306 g/mol. The van der Waals surface area contributed by atoms with Gasteiger partial charge in [-0.15, -0.1) is 0 Å². The molecule has 0 amide bonds. The number of allylic oxidation sites excluding steroid dienone is 7. The first-order valence-electron chi connectivity index (χ1n) is 8.81. The molecule has 0 radical (unpaired) electrons. The van der Waals surface area contributed by atoms with Gasteiger partial charge in [0.2, 0.25) is 0 Å². The van der Waals surface area contributed by atoms with E-state index in [2.05, 4.69) is 55.5 Å². The molecule has 1 aliphatic carbocycles. The number of rotatable bonds is 3. The Morgan fingerprint density at radius 2 is 1.96 bits per heavy atom. The molecule has 0 unspecified atom stereocenters. The van der Waals surface area contributed by atoms with Crippen LogP contribution in [0, 0.1) is 0 Å². The van der Waals surface area contributed by atoms with Crippen LogP contribution in [0.25, 0.3) is 5.57 Å². The molecule has 0 bridgehead atoms. The van der Waals surface area contributed by atoms with Crippen LogP contribution < -0.4 is 0 Å². The summed E-state index contributed by atoms with van der Waals surface area (Å²) in [6, 6.07) is 9.03. The van der Waals surface area contributed by atoms with Crippen molar-refractivity contribution in [3.63, 3.8) is 0 Å². The molecule has 0 fully saturated rings. The largest absolute Gasteiger partial charge is 0.461 e. The molecule has 1 aromatic carbocycles. The highest BCUT2D eigenvalue weighted by Gasteiger charge is 2.19. The van der Waals surface area contributed by atoms with Crippen molar-refractivity contribution in [3.05, 3.63) is 76.8 Å². The summed E-state index contributed by atoms with van der Waals surface area (Å²) in [5, 5.41) is 0. The summed E-state index contributed by atoms with van der Waals surface area (Å²) >= 11 is 0. The smallest absolute Gasteiger partial charge is 0.133 e. The van der Waals surface area contributed by atoms with Gasteiger partial charge in [0.05, 0.1) is 0 Å². The third-order valence-corrected chi connectivity index (χ3v) is 4.49. The van der Waals surface area contributed by atoms with E-state index in [1.54, 1.807) is 0 Å². The second-order valence-electron chi connectivity index (χ2n) is 6.40. The topological polar surface area (TPSA) is 9.23 Å². The lowest BCUT2D eigenvalue weighted by Gasteiger charge is -2.19. The van der Waals surface area contributed by atoms with Crippen molar-refractivity contribution in [2.75, 3.05) is 0 Å². The van der Waals surface area contributed by atoms with Gasteiger partial charge in [0, 0.05) is 5.57 Å². The maximum atomic E-state index is 6.24. The van der Waals surface area contributed by atoms with Crippen molar-refractivity contribution in [2.24, 2.45) is 0 Å². The van der Waals surface area contributed by atoms with Gasteiger partial charge in [-0.05, 0) is 61.8 Å². The average Bonchev–Trinajstić information content (AvgIpc) is 2.73. The van der Waals surface area contributed by atoms with E-state index in [4.69, 9.17) is 4.74 Å². The lowest BCUT2D eigenvalue weighted by Crippen LogP contribution is -2.01. The summed E-state index contributed by atoms with van der Waals surface area (Å²) < 4.78 is 6.24. The molecule has 0 saturated carbocycles. The summed E-state index contributed by atoms with van der Waals surface area (Å²) in [7, 11) is 0. The third kappa shape index (κ3) is 3.85. The Bertz CT molecular complexity index is 668. The van der Waals surface area contributed by atoms with Crippen molar-refractivity contribution in [3.8, 4) is 0 Å². The van der Waals surface area contributed by atoms with Gasteiger partial charge in [-0.2, -0.15) is 0 Å². The van der Waals surface area contributed by atoms with Gasteiger partial charge in [0.1, 0.15) is 11.5 Å². The molecule has 0 saturated heterocycles. The van der Waals surface area contributed by atoms with Crippen LogP contribution in [-0.4, -0.2) is 0 Å². The molecular formula is C22H26O. The van der Waals surface area contributed by atoms with Gasteiger partial charge >= 0.3 is 0 Å². The number of hydrogen-bond donors (Lipinski definition) is 0. The van der Waals surface area contributed by atoms with Crippen LogP contribution in [0.2, 0.25) is 0 Å². The van der Waals surface area contributed by atoms with E-state index in [1.807, 2.05) is 6.92 Å². The Morgan fingerprint density at radius 3 is 2.74 bits per heavy atom. The van der Waals surface area contributed by atoms with E-state index in [0.29, 0.717) is 0 Å².